The van der Waals surface area contributed by atoms with Crippen molar-refractivity contribution in [2.24, 2.45) is 0 Å². The van der Waals surface area contributed by atoms with Crippen LogP contribution in [0.1, 0.15) is 38.8 Å². The Bertz CT molecular complexity index is 1390. The van der Waals surface area contributed by atoms with E-state index in [1.54, 1.807) is 10.4 Å². The van der Waals surface area contributed by atoms with Gasteiger partial charge in [0.25, 0.3) is 0 Å². The fraction of sp³-hybridized carbons (Fsp3) is 0.371. The van der Waals surface area contributed by atoms with Crippen LogP contribution in [0.5, 0.6) is 0 Å². The zero-order valence-corrected chi connectivity index (χ0v) is 34.3. The van der Waals surface area contributed by atoms with Crippen LogP contribution in [-0.4, -0.2) is 24.2 Å². The number of aryl methyl sites for hydroxylation is 2. The number of benzene rings is 3. The van der Waals surface area contributed by atoms with Gasteiger partial charge < -0.3 is 37.2 Å². The summed E-state index contributed by atoms with van der Waals surface area (Å²) in [6.45, 7) is 28.8. The van der Waals surface area contributed by atoms with Crippen molar-refractivity contribution >= 4 is 50.2 Å². The van der Waals surface area contributed by atoms with Gasteiger partial charge in [0.2, 0.25) is 0 Å². The Morgan fingerprint density at radius 1 is 0.548 bits per heavy atom. The smallest absolute Gasteiger partial charge is 1.00 e. The number of halogens is 3. The molecule has 0 aromatic heterocycles. The van der Waals surface area contributed by atoms with Gasteiger partial charge in [0.1, 0.15) is 8.07 Å². The summed E-state index contributed by atoms with van der Waals surface area (Å²) in [5.74, 6) is 0. The molecule has 0 radical (unpaired) electrons. The van der Waals surface area contributed by atoms with Gasteiger partial charge in [0.15, 0.2) is 0 Å². The summed E-state index contributed by atoms with van der Waals surface area (Å²) in [5, 5.41) is 7.43. The summed E-state index contributed by atoms with van der Waals surface area (Å²) >= 11 is 0. The van der Waals surface area contributed by atoms with Crippen LogP contribution in [0.15, 0.2) is 83.4 Å². The molecule has 0 spiro atoms. The van der Waals surface area contributed by atoms with Gasteiger partial charge in [-0.15, -0.1) is 6.92 Å². The third kappa shape index (κ3) is 7.26. The first-order chi connectivity index (χ1) is 17.5. The molecule has 1 aliphatic carbocycles. The van der Waals surface area contributed by atoms with Gasteiger partial charge in [-0.3, -0.25) is 6.08 Å². The molecule has 0 saturated heterocycles. The molecule has 42 heavy (non-hydrogen) atoms. The van der Waals surface area contributed by atoms with Gasteiger partial charge in [-0.25, -0.2) is 5.57 Å². The molecule has 0 aliphatic heterocycles. The molecule has 1 unspecified atom stereocenters. The van der Waals surface area contributed by atoms with Crippen LogP contribution < -0.4 is 63.2 Å². The molecule has 0 nitrogen and oxygen atoms in total. The molecule has 0 bridgehead atoms. The second kappa shape index (κ2) is 14.6. The van der Waals surface area contributed by atoms with Crippen LogP contribution in [0.4, 0.5) is 0 Å². The first kappa shape index (κ1) is 41.4. The second-order valence-electron chi connectivity index (χ2n) is 13.9. The molecule has 0 N–H and O–H groups in total. The Balaban J connectivity index is 0.00000420. The van der Waals surface area contributed by atoms with E-state index in [0.717, 1.165) is 0 Å². The standard InChI is InChI=1S/C35H47Si3.3ClH.Ti/c1-25-19-26(2)21-34(20-25)38(35(6)24-27(3)28(4)29(35)5,32-17-13-15-30(22-32)36(7,8)9)33-18-14-16-31(23-33)37(10,11)12;;;;/h13-23H,1-12H3;3*1H;/q-1;;;;+4/p-3. The summed E-state index contributed by atoms with van der Waals surface area (Å²) in [7, 11) is -5.74. The van der Waals surface area contributed by atoms with E-state index >= 15 is 0 Å². The average Bonchev–Trinajstić information content (AvgIpc) is 3.01. The topological polar surface area (TPSA) is 0 Å². The fourth-order valence-corrected chi connectivity index (χ4v) is 15.4. The summed E-state index contributed by atoms with van der Waals surface area (Å²) in [6.07, 6.45) is 4.15. The van der Waals surface area contributed by atoms with E-state index in [-0.39, 0.29) is 64.0 Å². The summed E-state index contributed by atoms with van der Waals surface area (Å²) in [5.41, 5.74) is 6.91. The van der Waals surface area contributed by atoms with Gasteiger partial charge in [-0.2, -0.15) is 11.1 Å². The average molecular weight is 706 g/mol. The van der Waals surface area contributed by atoms with Gasteiger partial charge in [0.05, 0.1) is 16.1 Å². The van der Waals surface area contributed by atoms with Crippen LogP contribution in [0.25, 0.3) is 0 Å². The van der Waals surface area contributed by atoms with Crippen molar-refractivity contribution in [2.75, 3.05) is 0 Å². The van der Waals surface area contributed by atoms with E-state index in [9.17, 15) is 0 Å². The quantitative estimate of drug-likeness (QED) is 0.155. The number of rotatable bonds is 6. The molecule has 4 rings (SSSR count). The van der Waals surface area contributed by atoms with Crippen molar-refractivity contribution in [2.45, 2.75) is 85.9 Å². The van der Waals surface area contributed by atoms with E-state index in [0.29, 0.717) is 0 Å². The molecular weight excluding hydrogens is 659 g/mol. The molecule has 0 saturated carbocycles. The molecular formula is C35H47Cl3Si3Ti. The molecule has 0 heterocycles. The van der Waals surface area contributed by atoms with E-state index < -0.39 is 24.2 Å². The third-order valence-electron chi connectivity index (χ3n) is 9.04. The Morgan fingerprint density at radius 2 is 0.929 bits per heavy atom. The third-order valence-corrected chi connectivity index (χ3v) is 18.6. The molecule has 3 aromatic carbocycles. The minimum Gasteiger partial charge on any atom is -1.00 e. The molecule has 0 fully saturated rings. The molecule has 224 valence electrons. The maximum atomic E-state index is 4.15. The zero-order valence-electron chi connectivity index (χ0n) is 27.5. The van der Waals surface area contributed by atoms with Gasteiger partial charge in [0, 0.05) is 0 Å². The van der Waals surface area contributed by atoms with Crippen LogP contribution in [0.2, 0.25) is 44.3 Å². The minimum absolute atomic E-state index is 0. The fourth-order valence-electron chi connectivity index (χ4n) is 6.59. The number of allylic oxidation sites excluding steroid dienone is 4. The first-order valence-electron chi connectivity index (χ1n) is 14.1. The molecule has 7 heteroatoms. The normalized spacial score (nSPS) is 16.9. The molecule has 1 aliphatic rings. The van der Waals surface area contributed by atoms with Crippen LogP contribution in [0.3, 0.4) is 0 Å². The Labute approximate surface area is 293 Å². The summed E-state index contributed by atoms with van der Waals surface area (Å²) in [4.78, 5) is 0. The second-order valence-corrected chi connectivity index (χ2v) is 28.3. The van der Waals surface area contributed by atoms with Crippen molar-refractivity contribution in [3.8, 4) is 0 Å². The van der Waals surface area contributed by atoms with Crippen LogP contribution in [-0.2, 0) is 21.7 Å². The zero-order chi connectivity index (χ0) is 28.3. The maximum absolute atomic E-state index is 4.15. The molecule has 0 amide bonds. The predicted molar refractivity (Wildman–Crippen MR) is 179 cm³/mol. The van der Waals surface area contributed by atoms with E-state index in [4.69, 9.17) is 0 Å². The van der Waals surface area contributed by atoms with Crippen molar-refractivity contribution in [3.05, 3.63) is 101 Å². The monoisotopic (exact) mass is 704 g/mol. The van der Waals surface area contributed by atoms with Crippen molar-refractivity contribution in [1.82, 2.24) is 0 Å². The molecule has 1 atom stereocenters. The van der Waals surface area contributed by atoms with Crippen molar-refractivity contribution in [3.63, 3.8) is 0 Å². The Hall–Kier alpha value is -0.625. The van der Waals surface area contributed by atoms with Crippen LogP contribution >= 0.6 is 0 Å². The maximum Gasteiger partial charge on any atom is 4.00 e. The minimum atomic E-state index is -2.69. The summed E-state index contributed by atoms with van der Waals surface area (Å²) in [6, 6.07) is 26.9. The predicted octanol–water partition coefficient (Wildman–Crippen LogP) is -2.27. The Morgan fingerprint density at radius 3 is 1.26 bits per heavy atom. The van der Waals surface area contributed by atoms with Gasteiger partial charge in [-0.1, -0.05) is 153 Å². The largest absolute Gasteiger partial charge is 4.00 e. The van der Waals surface area contributed by atoms with Crippen molar-refractivity contribution < 1.29 is 58.9 Å². The Kier molecular flexibility index (Phi) is 14.4. The number of hydrogen-bond donors (Lipinski definition) is 0. The van der Waals surface area contributed by atoms with Gasteiger partial charge >= 0.3 is 21.7 Å². The molecule has 3 aromatic rings. The van der Waals surface area contributed by atoms with Gasteiger partial charge in [-0.05, 0) is 29.4 Å². The SMILES string of the molecule is CC1=[C-]C(C)([Si](c2cc(C)cc(C)c2)(c2cccc([Si](C)(C)C)c2)c2cccc([Si](C)(C)C)c2)C(C)=C1C.[Cl-].[Cl-].[Cl-].[Ti+4]. The summed E-state index contributed by atoms with van der Waals surface area (Å²) < 4.78 is 0. The number of hydrogen-bond acceptors (Lipinski definition) is 0. The van der Waals surface area contributed by atoms with E-state index in [2.05, 4.69) is 154 Å². The van der Waals surface area contributed by atoms with Crippen LogP contribution in [0, 0.1) is 19.9 Å². The van der Waals surface area contributed by atoms with E-state index in [1.165, 1.54) is 43.4 Å². The van der Waals surface area contributed by atoms with E-state index in [1.807, 2.05) is 0 Å². The van der Waals surface area contributed by atoms with Crippen molar-refractivity contribution in [1.29, 1.82) is 0 Å². The first-order valence-corrected chi connectivity index (χ1v) is 23.1.